The van der Waals surface area contributed by atoms with Gasteiger partial charge in [0.2, 0.25) is 0 Å². The van der Waals surface area contributed by atoms with Crippen molar-refractivity contribution in [2.24, 2.45) is 0 Å². The topological polar surface area (TPSA) is 47.6 Å². The highest BCUT2D eigenvalue weighted by atomic mass is 16.6. The van der Waals surface area contributed by atoms with Crippen LogP contribution < -0.4 is 10.1 Å². The Morgan fingerprint density at radius 1 is 1.47 bits per heavy atom. The zero-order valence-electron chi connectivity index (χ0n) is 8.53. The van der Waals surface area contributed by atoms with Crippen LogP contribution in [-0.2, 0) is 4.74 Å². The molecule has 1 amide bonds. The summed E-state index contributed by atoms with van der Waals surface area (Å²) in [6.45, 7) is 2.99. The summed E-state index contributed by atoms with van der Waals surface area (Å²) < 4.78 is 10.1. The maximum absolute atomic E-state index is 10.8. The lowest BCUT2D eigenvalue weighted by molar-refractivity contribution is 0.177. The number of benzene rings is 1. The Hall–Kier alpha value is -1.71. The Kier molecular flexibility index (Phi) is 2.76. The molecule has 1 saturated heterocycles. The molecule has 2 rings (SSSR count). The summed E-state index contributed by atoms with van der Waals surface area (Å²) in [5.41, 5.74) is 1.03. The highest BCUT2D eigenvalue weighted by Crippen LogP contribution is 2.20. The number of hydrogen-bond donors (Lipinski definition) is 1. The van der Waals surface area contributed by atoms with Gasteiger partial charge in [-0.1, -0.05) is 12.1 Å². The molecule has 1 aromatic carbocycles. The molecule has 0 aliphatic carbocycles. The fourth-order valence-corrected chi connectivity index (χ4v) is 1.53. The summed E-state index contributed by atoms with van der Waals surface area (Å²) in [5, 5.41) is 2.72. The molecule has 4 nitrogen and oxygen atoms in total. The molecule has 1 aliphatic rings. The molecule has 1 atom stereocenters. The molecule has 1 heterocycles. The third kappa shape index (κ3) is 2.21. The number of cyclic esters (lactones) is 1. The van der Waals surface area contributed by atoms with Gasteiger partial charge in [-0.3, -0.25) is 0 Å². The fraction of sp³-hybridized carbons (Fsp3) is 0.364. The van der Waals surface area contributed by atoms with E-state index in [9.17, 15) is 4.79 Å². The van der Waals surface area contributed by atoms with Crippen molar-refractivity contribution in [2.45, 2.75) is 13.0 Å². The van der Waals surface area contributed by atoms with Crippen molar-refractivity contribution in [3.8, 4) is 5.75 Å². The van der Waals surface area contributed by atoms with E-state index in [4.69, 9.17) is 9.47 Å². The van der Waals surface area contributed by atoms with E-state index in [1.54, 1.807) is 0 Å². The molecule has 15 heavy (non-hydrogen) atoms. The number of carbonyl (C=O) groups excluding carboxylic acids is 1. The standard InChI is InChI=1S/C11H13NO3/c1-2-14-9-5-3-8(4-6-9)10-7-15-11(13)12-10/h3-6,10H,2,7H2,1H3,(H,12,13). The first-order valence-electron chi connectivity index (χ1n) is 4.95. The van der Waals surface area contributed by atoms with Crippen LogP contribution in [0.4, 0.5) is 4.79 Å². The first-order chi connectivity index (χ1) is 7.29. The molecule has 4 heteroatoms. The van der Waals surface area contributed by atoms with Crippen LogP contribution in [0.15, 0.2) is 24.3 Å². The minimum atomic E-state index is -0.353. The Morgan fingerprint density at radius 2 is 2.20 bits per heavy atom. The maximum Gasteiger partial charge on any atom is 0.407 e. The van der Waals surface area contributed by atoms with Crippen molar-refractivity contribution >= 4 is 6.09 Å². The number of nitrogens with one attached hydrogen (secondary N) is 1. The summed E-state index contributed by atoms with van der Waals surface area (Å²) >= 11 is 0. The smallest absolute Gasteiger partial charge is 0.407 e. The second-order valence-electron chi connectivity index (χ2n) is 3.30. The fourth-order valence-electron chi connectivity index (χ4n) is 1.53. The average molecular weight is 207 g/mol. The number of hydrogen-bond acceptors (Lipinski definition) is 3. The first-order valence-corrected chi connectivity index (χ1v) is 4.95. The SMILES string of the molecule is CCOc1ccc(C2COC(=O)N2)cc1. The van der Waals surface area contributed by atoms with Crippen molar-refractivity contribution in [3.63, 3.8) is 0 Å². The second-order valence-corrected chi connectivity index (χ2v) is 3.30. The highest BCUT2D eigenvalue weighted by Gasteiger charge is 2.23. The van der Waals surface area contributed by atoms with Gasteiger partial charge in [0.05, 0.1) is 12.6 Å². The lowest BCUT2D eigenvalue weighted by Crippen LogP contribution is -2.18. The summed E-state index contributed by atoms with van der Waals surface area (Å²) in [6.07, 6.45) is -0.353. The molecular formula is C11H13NO3. The number of ether oxygens (including phenoxy) is 2. The van der Waals surface area contributed by atoms with Crippen molar-refractivity contribution in [2.75, 3.05) is 13.2 Å². The van der Waals surface area contributed by atoms with Gasteiger partial charge in [-0.15, -0.1) is 0 Å². The van der Waals surface area contributed by atoms with Gasteiger partial charge >= 0.3 is 6.09 Å². The van der Waals surface area contributed by atoms with Crippen molar-refractivity contribution < 1.29 is 14.3 Å². The van der Waals surface area contributed by atoms with Crippen LogP contribution >= 0.6 is 0 Å². The molecule has 1 unspecified atom stereocenters. The Balaban J connectivity index is 2.06. The van der Waals surface area contributed by atoms with Crippen molar-refractivity contribution in [1.29, 1.82) is 0 Å². The summed E-state index contributed by atoms with van der Waals surface area (Å²) in [4.78, 5) is 10.8. The number of amides is 1. The van der Waals surface area contributed by atoms with Crippen molar-refractivity contribution in [3.05, 3.63) is 29.8 Å². The van der Waals surface area contributed by atoms with E-state index in [0.29, 0.717) is 13.2 Å². The van der Waals surface area contributed by atoms with E-state index >= 15 is 0 Å². The minimum Gasteiger partial charge on any atom is -0.494 e. The van der Waals surface area contributed by atoms with Gasteiger partial charge in [0.15, 0.2) is 0 Å². The number of alkyl carbamates (subject to hydrolysis) is 1. The van der Waals surface area contributed by atoms with Crippen LogP contribution in [0.1, 0.15) is 18.5 Å². The summed E-state index contributed by atoms with van der Waals surface area (Å²) in [7, 11) is 0. The Labute approximate surface area is 88.2 Å². The molecule has 1 N–H and O–H groups in total. The van der Waals surface area contributed by atoms with Crippen LogP contribution in [-0.4, -0.2) is 19.3 Å². The van der Waals surface area contributed by atoms with Gasteiger partial charge in [0.25, 0.3) is 0 Å². The third-order valence-corrected chi connectivity index (χ3v) is 2.27. The predicted molar refractivity (Wildman–Crippen MR) is 54.8 cm³/mol. The van der Waals surface area contributed by atoms with E-state index in [2.05, 4.69) is 5.32 Å². The van der Waals surface area contributed by atoms with Crippen LogP contribution in [0, 0.1) is 0 Å². The summed E-state index contributed by atoms with van der Waals surface area (Å²) in [6, 6.07) is 7.62. The van der Waals surface area contributed by atoms with Crippen molar-refractivity contribution in [1.82, 2.24) is 5.32 Å². The predicted octanol–water partition coefficient (Wildman–Crippen LogP) is 1.87. The molecule has 0 saturated carbocycles. The molecule has 0 radical (unpaired) electrons. The van der Waals surface area contributed by atoms with Crippen LogP contribution in [0.25, 0.3) is 0 Å². The van der Waals surface area contributed by atoms with Crippen LogP contribution in [0.3, 0.4) is 0 Å². The number of rotatable bonds is 3. The largest absolute Gasteiger partial charge is 0.494 e. The van der Waals surface area contributed by atoms with Gasteiger partial charge in [0, 0.05) is 0 Å². The Morgan fingerprint density at radius 3 is 2.73 bits per heavy atom. The molecule has 1 fully saturated rings. The van der Waals surface area contributed by atoms with Gasteiger partial charge in [0.1, 0.15) is 12.4 Å². The van der Waals surface area contributed by atoms with E-state index in [0.717, 1.165) is 11.3 Å². The van der Waals surface area contributed by atoms with Gasteiger partial charge in [-0.2, -0.15) is 0 Å². The molecule has 80 valence electrons. The van der Waals surface area contributed by atoms with Gasteiger partial charge < -0.3 is 14.8 Å². The monoisotopic (exact) mass is 207 g/mol. The molecular weight excluding hydrogens is 194 g/mol. The zero-order chi connectivity index (χ0) is 10.7. The second kappa shape index (κ2) is 4.21. The van der Waals surface area contributed by atoms with Crippen LogP contribution in [0.5, 0.6) is 5.75 Å². The highest BCUT2D eigenvalue weighted by molar-refractivity contribution is 5.70. The number of carbonyl (C=O) groups is 1. The molecule has 0 bridgehead atoms. The van der Waals surface area contributed by atoms with E-state index in [1.165, 1.54) is 0 Å². The van der Waals surface area contributed by atoms with Gasteiger partial charge in [-0.05, 0) is 24.6 Å². The van der Waals surface area contributed by atoms with Crippen LogP contribution in [0.2, 0.25) is 0 Å². The van der Waals surface area contributed by atoms with Gasteiger partial charge in [-0.25, -0.2) is 4.79 Å². The molecule has 0 spiro atoms. The molecule has 1 aromatic rings. The third-order valence-electron chi connectivity index (χ3n) is 2.27. The Bertz CT molecular complexity index is 347. The lowest BCUT2D eigenvalue weighted by Gasteiger charge is -2.08. The lowest BCUT2D eigenvalue weighted by atomic mass is 10.1. The zero-order valence-corrected chi connectivity index (χ0v) is 8.53. The quantitative estimate of drug-likeness (QED) is 0.823. The summed E-state index contributed by atoms with van der Waals surface area (Å²) in [5.74, 6) is 0.839. The first kappa shape index (κ1) is 9.83. The average Bonchev–Trinajstić information content (AvgIpc) is 2.67. The molecule has 0 aromatic heterocycles. The van der Waals surface area contributed by atoms with E-state index in [1.807, 2.05) is 31.2 Å². The minimum absolute atomic E-state index is 0.0341. The van der Waals surface area contributed by atoms with E-state index in [-0.39, 0.29) is 12.1 Å². The molecule has 1 aliphatic heterocycles. The normalized spacial score (nSPS) is 19.5. The van der Waals surface area contributed by atoms with E-state index < -0.39 is 0 Å². The maximum atomic E-state index is 10.8.